The fraction of sp³-hybridized carbons (Fsp3) is 0.500. The molecule has 0 spiro atoms. The normalized spacial score (nSPS) is 12.5. The molecule has 0 fully saturated rings. The Morgan fingerprint density at radius 1 is 1.40 bits per heavy atom. The van der Waals surface area contributed by atoms with Crippen LogP contribution in [0.5, 0.6) is 5.75 Å². The summed E-state index contributed by atoms with van der Waals surface area (Å²) in [6, 6.07) is 6.25. The molecule has 0 saturated heterocycles. The molecule has 84 valence electrons. The fourth-order valence-corrected chi connectivity index (χ4v) is 1.73. The zero-order valence-electron chi connectivity index (χ0n) is 9.51. The SMILES string of the molecule is CCNC(C)c1ccc(OCC)c(Cl)c1. The van der Waals surface area contributed by atoms with Crippen LogP contribution in [0.4, 0.5) is 0 Å². The van der Waals surface area contributed by atoms with Crippen molar-refractivity contribution in [2.75, 3.05) is 13.2 Å². The van der Waals surface area contributed by atoms with Crippen LogP contribution in [0.1, 0.15) is 32.4 Å². The topological polar surface area (TPSA) is 21.3 Å². The zero-order valence-corrected chi connectivity index (χ0v) is 10.3. The quantitative estimate of drug-likeness (QED) is 0.833. The second-order valence-corrected chi connectivity index (χ2v) is 3.81. The summed E-state index contributed by atoms with van der Waals surface area (Å²) in [6.07, 6.45) is 0. The van der Waals surface area contributed by atoms with Crippen LogP contribution < -0.4 is 10.1 Å². The van der Waals surface area contributed by atoms with Crippen LogP contribution in [0, 0.1) is 0 Å². The summed E-state index contributed by atoms with van der Waals surface area (Å²) in [4.78, 5) is 0. The van der Waals surface area contributed by atoms with Crippen molar-refractivity contribution in [2.45, 2.75) is 26.8 Å². The van der Waals surface area contributed by atoms with E-state index in [4.69, 9.17) is 16.3 Å². The molecular formula is C12H18ClNO. The number of hydrogen-bond acceptors (Lipinski definition) is 2. The summed E-state index contributed by atoms with van der Waals surface area (Å²) in [6.45, 7) is 7.75. The van der Waals surface area contributed by atoms with Crippen LogP contribution in [0.25, 0.3) is 0 Å². The molecule has 3 heteroatoms. The summed E-state index contributed by atoms with van der Waals surface area (Å²) in [7, 11) is 0. The largest absolute Gasteiger partial charge is 0.492 e. The van der Waals surface area contributed by atoms with Crippen molar-refractivity contribution in [3.63, 3.8) is 0 Å². The third-order valence-electron chi connectivity index (χ3n) is 2.27. The van der Waals surface area contributed by atoms with Crippen LogP contribution in [0.2, 0.25) is 5.02 Å². The Morgan fingerprint density at radius 3 is 2.67 bits per heavy atom. The van der Waals surface area contributed by atoms with Crippen LogP contribution >= 0.6 is 11.6 Å². The van der Waals surface area contributed by atoms with E-state index >= 15 is 0 Å². The van der Waals surface area contributed by atoms with E-state index in [0.717, 1.165) is 12.3 Å². The first-order valence-corrected chi connectivity index (χ1v) is 5.72. The first-order valence-electron chi connectivity index (χ1n) is 5.34. The van der Waals surface area contributed by atoms with Gasteiger partial charge in [-0.05, 0) is 38.1 Å². The molecule has 0 aromatic heterocycles. The monoisotopic (exact) mass is 227 g/mol. The van der Waals surface area contributed by atoms with Crippen molar-refractivity contribution in [1.82, 2.24) is 5.32 Å². The lowest BCUT2D eigenvalue weighted by atomic mass is 10.1. The van der Waals surface area contributed by atoms with Gasteiger partial charge in [-0.25, -0.2) is 0 Å². The summed E-state index contributed by atoms with van der Waals surface area (Å²) in [5, 5.41) is 4.02. The molecule has 0 amide bonds. The minimum Gasteiger partial charge on any atom is -0.492 e. The lowest BCUT2D eigenvalue weighted by Gasteiger charge is -2.14. The summed E-state index contributed by atoms with van der Waals surface area (Å²) in [5.74, 6) is 0.756. The Bertz CT molecular complexity index is 314. The van der Waals surface area contributed by atoms with Gasteiger partial charge in [0.25, 0.3) is 0 Å². The maximum atomic E-state index is 6.10. The maximum absolute atomic E-state index is 6.10. The molecule has 0 saturated carbocycles. The number of nitrogens with one attached hydrogen (secondary N) is 1. The van der Waals surface area contributed by atoms with E-state index in [0.29, 0.717) is 17.7 Å². The van der Waals surface area contributed by atoms with E-state index in [-0.39, 0.29) is 0 Å². The molecule has 0 aliphatic heterocycles. The van der Waals surface area contributed by atoms with Crippen LogP contribution in [0.15, 0.2) is 18.2 Å². The number of rotatable bonds is 5. The lowest BCUT2D eigenvalue weighted by molar-refractivity contribution is 0.340. The smallest absolute Gasteiger partial charge is 0.137 e. The molecule has 1 atom stereocenters. The van der Waals surface area contributed by atoms with Gasteiger partial charge in [-0.2, -0.15) is 0 Å². The Labute approximate surface area is 96.6 Å². The molecule has 1 unspecified atom stereocenters. The fourth-order valence-electron chi connectivity index (χ4n) is 1.48. The van der Waals surface area contributed by atoms with Crippen LogP contribution in [0.3, 0.4) is 0 Å². The molecular weight excluding hydrogens is 210 g/mol. The zero-order chi connectivity index (χ0) is 11.3. The summed E-state index contributed by atoms with van der Waals surface area (Å²) >= 11 is 6.10. The molecule has 1 rings (SSSR count). The molecule has 0 aliphatic carbocycles. The van der Waals surface area contributed by atoms with Crippen LogP contribution in [-0.4, -0.2) is 13.2 Å². The number of benzene rings is 1. The lowest BCUT2D eigenvalue weighted by Crippen LogP contribution is -2.17. The van der Waals surface area contributed by atoms with Crippen LogP contribution in [-0.2, 0) is 0 Å². The highest BCUT2D eigenvalue weighted by atomic mass is 35.5. The van der Waals surface area contributed by atoms with E-state index in [1.54, 1.807) is 0 Å². The van der Waals surface area contributed by atoms with Crippen molar-refractivity contribution in [3.05, 3.63) is 28.8 Å². The van der Waals surface area contributed by atoms with Gasteiger partial charge in [-0.15, -0.1) is 0 Å². The van der Waals surface area contributed by atoms with Gasteiger partial charge in [0.1, 0.15) is 5.75 Å². The van der Waals surface area contributed by atoms with Gasteiger partial charge in [-0.3, -0.25) is 0 Å². The summed E-state index contributed by atoms with van der Waals surface area (Å²) < 4.78 is 5.38. The average Bonchev–Trinajstić information content (AvgIpc) is 2.21. The molecule has 0 bridgehead atoms. The Balaban J connectivity index is 2.81. The third-order valence-corrected chi connectivity index (χ3v) is 2.56. The van der Waals surface area contributed by atoms with E-state index in [9.17, 15) is 0 Å². The molecule has 15 heavy (non-hydrogen) atoms. The molecule has 1 aromatic carbocycles. The molecule has 0 aliphatic rings. The third kappa shape index (κ3) is 3.40. The molecule has 2 nitrogen and oxygen atoms in total. The average molecular weight is 228 g/mol. The predicted octanol–water partition coefficient (Wildman–Crippen LogP) is 3.41. The highest BCUT2D eigenvalue weighted by molar-refractivity contribution is 6.32. The van der Waals surface area contributed by atoms with E-state index in [1.165, 1.54) is 5.56 Å². The van der Waals surface area contributed by atoms with Gasteiger partial charge in [0.05, 0.1) is 11.6 Å². The van der Waals surface area contributed by atoms with Gasteiger partial charge in [0.15, 0.2) is 0 Å². The molecule has 1 aromatic rings. The number of halogens is 1. The van der Waals surface area contributed by atoms with Gasteiger partial charge in [0.2, 0.25) is 0 Å². The Hall–Kier alpha value is -0.730. The second-order valence-electron chi connectivity index (χ2n) is 3.40. The second kappa shape index (κ2) is 5.99. The summed E-state index contributed by atoms with van der Waals surface area (Å²) in [5.41, 5.74) is 1.19. The maximum Gasteiger partial charge on any atom is 0.137 e. The van der Waals surface area contributed by atoms with Crippen molar-refractivity contribution < 1.29 is 4.74 Å². The van der Waals surface area contributed by atoms with Crippen molar-refractivity contribution in [2.24, 2.45) is 0 Å². The minimum absolute atomic E-state index is 0.322. The molecule has 1 N–H and O–H groups in total. The Kier molecular flexibility index (Phi) is 4.92. The highest BCUT2D eigenvalue weighted by Gasteiger charge is 2.07. The van der Waals surface area contributed by atoms with Gasteiger partial charge in [-0.1, -0.05) is 24.6 Å². The standard InChI is InChI=1S/C12H18ClNO/c1-4-14-9(3)10-6-7-12(15-5-2)11(13)8-10/h6-9,14H,4-5H2,1-3H3. The number of hydrogen-bond donors (Lipinski definition) is 1. The van der Waals surface area contributed by atoms with Gasteiger partial charge >= 0.3 is 0 Å². The van der Waals surface area contributed by atoms with Gasteiger partial charge in [0, 0.05) is 6.04 Å². The van der Waals surface area contributed by atoms with Crippen molar-refractivity contribution in [1.29, 1.82) is 0 Å². The van der Waals surface area contributed by atoms with Crippen molar-refractivity contribution >= 4 is 11.6 Å². The molecule has 0 heterocycles. The first-order chi connectivity index (χ1) is 7.19. The Morgan fingerprint density at radius 2 is 2.13 bits per heavy atom. The van der Waals surface area contributed by atoms with Crippen molar-refractivity contribution in [3.8, 4) is 5.75 Å². The highest BCUT2D eigenvalue weighted by Crippen LogP contribution is 2.27. The van der Waals surface area contributed by atoms with E-state index in [1.807, 2.05) is 25.1 Å². The van der Waals surface area contributed by atoms with E-state index in [2.05, 4.69) is 19.2 Å². The molecule has 0 radical (unpaired) electrons. The van der Waals surface area contributed by atoms with E-state index < -0.39 is 0 Å². The predicted molar refractivity (Wildman–Crippen MR) is 64.7 cm³/mol. The minimum atomic E-state index is 0.322. The van der Waals surface area contributed by atoms with Gasteiger partial charge < -0.3 is 10.1 Å². The number of ether oxygens (including phenoxy) is 1. The first kappa shape index (κ1) is 12.3.